The van der Waals surface area contributed by atoms with Crippen LogP contribution in [0.2, 0.25) is 5.02 Å². The summed E-state index contributed by atoms with van der Waals surface area (Å²) in [6.07, 6.45) is 0. The summed E-state index contributed by atoms with van der Waals surface area (Å²) >= 11 is 6.02. The van der Waals surface area contributed by atoms with E-state index in [-0.39, 0.29) is 27.3 Å². The summed E-state index contributed by atoms with van der Waals surface area (Å²) in [7, 11) is 0.00393. The molecule has 1 amide bonds. The van der Waals surface area contributed by atoms with Gasteiger partial charge in [0.1, 0.15) is 10.7 Å². The lowest BCUT2D eigenvalue weighted by atomic mass is 10.1. The monoisotopic (exact) mass is 414 g/mol. The summed E-state index contributed by atoms with van der Waals surface area (Å²) < 4.78 is 38.7. The Morgan fingerprint density at radius 3 is 2.30 bits per heavy atom. The maximum Gasteiger partial charge on any atom is 0.266 e. The first-order chi connectivity index (χ1) is 12.6. The van der Waals surface area contributed by atoms with Crippen molar-refractivity contribution in [3.8, 4) is 0 Å². The third-order valence-electron chi connectivity index (χ3n) is 4.31. The van der Waals surface area contributed by atoms with Crippen molar-refractivity contribution in [2.75, 3.05) is 21.2 Å². The van der Waals surface area contributed by atoms with Crippen molar-refractivity contribution in [1.29, 1.82) is 0 Å². The van der Waals surface area contributed by atoms with Crippen molar-refractivity contribution in [3.63, 3.8) is 0 Å². The summed E-state index contributed by atoms with van der Waals surface area (Å²) in [5.74, 6) is -0.769. The second-order valence-corrected chi connectivity index (χ2v) is 8.20. The maximum absolute atomic E-state index is 13.1. The van der Waals surface area contributed by atoms with Gasteiger partial charge in [0.25, 0.3) is 15.9 Å². The lowest BCUT2D eigenvalue weighted by Crippen LogP contribution is -2.30. The number of halogens is 2. The minimum Gasteiger partial charge on any atom is -0.335 e. The molecule has 0 aliphatic heterocycles. The van der Waals surface area contributed by atoms with Gasteiger partial charge in [-0.25, -0.2) is 12.8 Å². The highest BCUT2D eigenvalue weighted by Gasteiger charge is 2.26. The molecule has 2 aromatic carbocycles. The molecule has 0 saturated heterocycles. The van der Waals surface area contributed by atoms with Gasteiger partial charge in [0.05, 0.1) is 18.2 Å². The van der Waals surface area contributed by atoms with Crippen molar-refractivity contribution in [2.24, 2.45) is 0 Å². The van der Waals surface area contributed by atoms with E-state index >= 15 is 0 Å². The summed E-state index contributed by atoms with van der Waals surface area (Å²) in [5.41, 5.74) is 0.895. The third-order valence-corrected chi connectivity index (χ3v) is 6.47. The topological polar surface area (TPSA) is 66.9 Å². The van der Waals surface area contributed by atoms with Gasteiger partial charge in [-0.2, -0.15) is 0 Å². The van der Waals surface area contributed by atoms with Crippen LogP contribution in [0.4, 0.5) is 4.39 Å². The lowest BCUT2D eigenvalue weighted by Gasteiger charge is -2.26. The standard InChI is InChI=1S/C18H20ClFN2O4S/c1-12(13-5-8-15(20)9-6-13)21(2)18(23)14-7-10-16(19)17(11-14)27(24,25)22(3)26-4/h5-12H,1-4H3. The molecule has 2 aromatic rings. The molecule has 0 spiro atoms. The third kappa shape index (κ3) is 4.47. The first-order valence-electron chi connectivity index (χ1n) is 7.94. The Morgan fingerprint density at radius 2 is 1.74 bits per heavy atom. The number of carbonyl (C=O) groups is 1. The van der Waals surface area contributed by atoms with Gasteiger partial charge in [0.2, 0.25) is 0 Å². The highest BCUT2D eigenvalue weighted by molar-refractivity contribution is 7.89. The maximum atomic E-state index is 13.1. The molecule has 0 aromatic heterocycles. The molecule has 146 valence electrons. The van der Waals surface area contributed by atoms with Crippen molar-refractivity contribution >= 4 is 27.5 Å². The van der Waals surface area contributed by atoms with Crippen LogP contribution < -0.4 is 0 Å². The Kier molecular flexibility index (Phi) is 6.59. The van der Waals surface area contributed by atoms with Crippen LogP contribution in [0, 0.1) is 5.82 Å². The number of carbonyl (C=O) groups excluding carboxylic acids is 1. The fourth-order valence-corrected chi connectivity index (χ4v) is 3.89. The van der Waals surface area contributed by atoms with Gasteiger partial charge >= 0.3 is 0 Å². The number of amides is 1. The predicted molar refractivity (Wildman–Crippen MR) is 100 cm³/mol. The fraction of sp³-hybridized carbons (Fsp3) is 0.278. The van der Waals surface area contributed by atoms with Crippen LogP contribution in [0.5, 0.6) is 0 Å². The molecular formula is C18H20ClFN2O4S. The van der Waals surface area contributed by atoms with Crippen LogP contribution in [0.3, 0.4) is 0 Å². The van der Waals surface area contributed by atoms with Crippen LogP contribution >= 0.6 is 11.6 Å². The zero-order valence-electron chi connectivity index (χ0n) is 15.3. The molecular weight excluding hydrogens is 395 g/mol. The van der Waals surface area contributed by atoms with Crippen molar-refractivity contribution in [3.05, 3.63) is 64.4 Å². The molecule has 0 radical (unpaired) electrons. The van der Waals surface area contributed by atoms with Gasteiger partial charge in [-0.05, 0) is 42.8 Å². The highest BCUT2D eigenvalue weighted by atomic mass is 35.5. The molecule has 27 heavy (non-hydrogen) atoms. The molecule has 0 N–H and O–H groups in total. The van der Waals surface area contributed by atoms with E-state index < -0.39 is 15.9 Å². The van der Waals surface area contributed by atoms with Crippen LogP contribution in [0.25, 0.3) is 0 Å². The summed E-state index contributed by atoms with van der Waals surface area (Å²) in [6, 6.07) is 9.48. The van der Waals surface area contributed by atoms with E-state index in [2.05, 4.69) is 0 Å². The molecule has 2 rings (SSSR count). The van der Waals surface area contributed by atoms with Crippen LogP contribution in [0.1, 0.15) is 28.9 Å². The van der Waals surface area contributed by atoms with Crippen LogP contribution in [0.15, 0.2) is 47.4 Å². The van der Waals surface area contributed by atoms with E-state index in [0.717, 1.165) is 5.56 Å². The van der Waals surface area contributed by atoms with Gasteiger partial charge in [-0.3, -0.25) is 9.63 Å². The first-order valence-corrected chi connectivity index (χ1v) is 9.76. The Labute approximate surface area is 163 Å². The molecule has 0 fully saturated rings. The first kappa shape index (κ1) is 21.3. The zero-order chi connectivity index (χ0) is 20.4. The fourth-order valence-electron chi connectivity index (χ4n) is 2.42. The van der Waals surface area contributed by atoms with Crippen LogP contribution in [-0.4, -0.2) is 44.9 Å². The quantitative estimate of drug-likeness (QED) is 0.678. The van der Waals surface area contributed by atoms with E-state index in [0.29, 0.717) is 4.47 Å². The second kappa shape index (κ2) is 8.35. The molecule has 0 heterocycles. The van der Waals surface area contributed by atoms with Crippen molar-refractivity contribution in [2.45, 2.75) is 17.9 Å². The van der Waals surface area contributed by atoms with Gasteiger partial charge < -0.3 is 4.90 Å². The number of hydroxylamine groups is 1. The number of nitrogens with zero attached hydrogens (tertiary/aromatic N) is 2. The number of rotatable bonds is 6. The second-order valence-electron chi connectivity index (χ2n) is 5.89. The lowest BCUT2D eigenvalue weighted by molar-refractivity contribution is -0.0258. The molecule has 0 saturated carbocycles. The Hall–Kier alpha value is -2.00. The SMILES string of the molecule is CON(C)S(=O)(=O)c1cc(C(=O)N(C)C(C)c2ccc(F)cc2)ccc1Cl. The molecule has 1 atom stereocenters. The van der Waals surface area contributed by atoms with Crippen molar-refractivity contribution in [1.82, 2.24) is 9.37 Å². The average molecular weight is 415 g/mol. The predicted octanol–water partition coefficient (Wildman–Crippen LogP) is 3.49. The normalized spacial score (nSPS) is 12.9. The molecule has 6 nitrogen and oxygen atoms in total. The molecule has 0 bridgehead atoms. The summed E-state index contributed by atoms with van der Waals surface area (Å²) in [6.45, 7) is 1.79. The number of benzene rings is 2. The molecule has 0 aliphatic rings. The highest BCUT2D eigenvalue weighted by Crippen LogP contribution is 2.27. The number of sulfonamides is 1. The van der Waals surface area contributed by atoms with E-state index in [9.17, 15) is 17.6 Å². The van der Waals surface area contributed by atoms with E-state index in [1.54, 1.807) is 26.1 Å². The Balaban J connectivity index is 2.36. The van der Waals surface area contributed by atoms with E-state index in [4.69, 9.17) is 16.4 Å². The van der Waals surface area contributed by atoms with Gasteiger partial charge in [0, 0.05) is 19.7 Å². The zero-order valence-corrected chi connectivity index (χ0v) is 16.9. The molecule has 0 aliphatic carbocycles. The summed E-state index contributed by atoms with van der Waals surface area (Å²) in [5, 5.41) is -0.0234. The largest absolute Gasteiger partial charge is 0.335 e. The van der Waals surface area contributed by atoms with Crippen molar-refractivity contribution < 1.29 is 22.4 Å². The number of hydrogen-bond acceptors (Lipinski definition) is 4. The minimum atomic E-state index is -4.01. The van der Waals surface area contributed by atoms with Crippen LogP contribution in [-0.2, 0) is 14.9 Å². The van der Waals surface area contributed by atoms with Gasteiger partial charge in [0.15, 0.2) is 0 Å². The minimum absolute atomic E-state index is 0.0234. The van der Waals surface area contributed by atoms with Gasteiger partial charge in [-0.15, -0.1) is 0 Å². The molecule has 9 heteroatoms. The average Bonchev–Trinajstić information content (AvgIpc) is 2.66. The van der Waals surface area contributed by atoms with Gasteiger partial charge in [-0.1, -0.05) is 28.2 Å². The van der Waals surface area contributed by atoms with E-state index in [1.165, 1.54) is 49.4 Å². The summed E-state index contributed by atoms with van der Waals surface area (Å²) in [4.78, 5) is 18.8. The smallest absolute Gasteiger partial charge is 0.266 e. The Bertz CT molecular complexity index is 935. The number of hydrogen-bond donors (Lipinski definition) is 0. The Morgan fingerprint density at radius 1 is 1.15 bits per heavy atom. The van der Waals surface area contributed by atoms with E-state index in [1.807, 2.05) is 0 Å². The molecule has 1 unspecified atom stereocenters.